The first kappa shape index (κ1) is 35.0. The number of carboxylic acid groups (broad SMARTS) is 1. The number of oxime groups is 1. The van der Waals surface area contributed by atoms with Gasteiger partial charge in [-0.25, -0.2) is 9.78 Å². The second-order valence-electron chi connectivity index (χ2n) is 10.6. The molecule has 252 valence electrons. The molecular formula is C27H33N8O10S2+. The fourth-order valence-electron chi connectivity index (χ4n) is 4.41. The molecule has 1 fully saturated rings. The number of nitrogens with zero attached hydrogens (tertiary/aromatic N) is 4. The molecule has 1 unspecified atom stereocenters. The number of nitrogens with one attached hydrogen (secondary N) is 2. The van der Waals surface area contributed by atoms with Crippen molar-refractivity contribution in [2.45, 2.75) is 31.5 Å². The van der Waals surface area contributed by atoms with Crippen molar-refractivity contribution in [3.05, 3.63) is 53.7 Å². The Morgan fingerprint density at radius 2 is 1.94 bits per heavy atom. The van der Waals surface area contributed by atoms with Crippen LogP contribution in [0.1, 0.15) is 19.5 Å². The highest BCUT2D eigenvalue weighted by Crippen LogP contribution is 2.33. The Morgan fingerprint density at radius 1 is 1.23 bits per heavy atom. The first-order valence-corrected chi connectivity index (χ1v) is 16.0. The van der Waals surface area contributed by atoms with Crippen molar-refractivity contribution in [2.75, 3.05) is 30.7 Å². The lowest BCUT2D eigenvalue weighted by Gasteiger charge is -2.50. The van der Waals surface area contributed by atoms with E-state index < -0.39 is 58.2 Å². The summed E-state index contributed by atoms with van der Waals surface area (Å²) >= 11 is 0.958. The van der Waals surface area contributed by atoms with E-state index in [9.17, 15) is 27.9 Å². The van der Waals surface area contributed by atoms with E-state index in [-0.39, 0.29) is 10.8 Å². The number of carboxylic acids is 1. The van der Waals surface area contributed by atoms with Crippen LogP contribution in [0.2, 0.25) is 0 Å². The molecule has 3 aromatic rings. The Morgan fingerprint density at radius 3 is 2.49 bits per heavy atom. The number of rotatable bonds is 15. The number of carbonyl (C=O) groups is 3. The van der Waals surface area contributed by atoms with E-state index in [1.54, 1.807) is 24.3 Å². The van der Waals surface area contributed by atoms with Gasteiger partial charge >= 0.3 is 16.4 Å². The van der Waals surface area contributed by atoms with E-state index >= 15 is 0 Å². The molecule has 0 aliphatic carbocycles. The van der Waals surface area contributed by atoms with Crippen LogP contribution in [0.5, 0.6) is 5.75 Å². The van der Waals surface area contributed by atoms with E-state index in [4.69, 9.17) is 25.6 Å². The number of aromatic nitrogens is 2. The predicted octanol–water partition coefficient (Wildman–Crippen LogP) is -0.320. The van der Waals surface area contributed by atoms with Gasteiger partial charge in [-0.05, 0) is 44.2 Å². The average molecular weight is 694 g/mol. The Bertz CT molecular complexity index is 1780. The number of anilines is 2. The minimum absolute atomic E-state index is 0.0580. The standard InChI is InChI=1S/C27H32N8O10S2/c1-27(2)22(24(37)35(27)45-47(40,41)42)32-23(36)21(18-14-46-26(29)31-18)33-44-20(25(38)39)13-43-17-7-4-15(5-8-17)19-9-6-16(12-34(19)3)30-11-10-28/h4-9,12,14,20,22,30H,10-11,13,28H2,1-3H3,(H4-,29,31,32,36,38,39,40,41,42)/p+1/b33-21-/t20-,22?/m0/s1. The van der Waals surface area contributed by atoms with Crippen molar-refractivity contribution in [1.29, 1.82) is 0 Å². The molecule has 3 heterocycles. The van der Waals surface area contributed by atoms with Crippen LogP contribution in [-0.2, 0) is 41.0 Å². The number of carbonyl (C=O) groups excluding carboxylic acids is 2. The van der Waals surface area contributed by atoms with Crippen LogP contribution in [0.25, 0.3) is 11.3 Å². The molecule has 4 rings (SSSR count). The Balaban J connectivity index is 1.45. The van der Waals surface area contributed by atoms with Gasteiger partial charge in [0.05, 0.1) is 11.2 Å². The summed E-state index contributed by atoms with van der Waals surface area (Å²) in [4.78, 5) is 46.9. The summed E-state index contributed by atoms with van der Waals surface area (Å²) < 4.78 is 43.0. The predicted molar refractivity (Wildman–Crippen MR) is 167 cm³/mol. The molecule has 1 aliphatic rings. The lowest BCUT2D eigenvalue weighted by Crippen LogP contribution is -2.76. The van der Waals surface area contributed by atoms with Crippen LogP contribution in [-0.4, -0.2) is 89.0 Å². The number of aliphatic carboxylic acids is 1. The zero-order valence-electron chi connectivity index (χ0n) is 25.3. The van der Waals surface area contributed by atoms with E-state index in [1.807, 2.05) is 29.9 Å². The number of pyridine rings is 1. The lowest BCUT2D eigenvalue weighted by molar-refractivity contribution is -0.659. The monoisotopic (exact) mass is 693 g/mol. The molecule has 1 saturated heterocycles. The molecule has 2 aromatic heterocycles. The maximum absolute atomic E-state index is 13.2. The molecule has 20 heteroatoms. The summed E-state index contributed by atoms with van der Waals surface area (Å²) in [6, 6.07) is 9.45. The molecule has 47 heavy (non-hydrogen) atoms. The Labute approximate surface area is 272 Å². The molecule has 18 nitrogen and oxygen atoms in total. The number of hydrogen-bond acceptors (Lipinski definition) is 14. The summed E-state index contributed by atoms with van der Waals surface area (Å²) in [6.07, 6.45) is 0.247. The zero-order valence-corrected chi connectivity index (χ0v) is 26.9. The van der Waals surface area contributed by atoms with Crippen molar-refractivity contribution < 1.29 is 50.9 Å². The average Bonchev–Trinajstić information content (AvgIpc) is 3.44. The number of β-lactam (4-membered cyclic amide) rings is 1. The van der Waals surface area contributed by atoms with Crippen LogP contribution in [0.4, 0.5) is 10.8 Å². The summed E-state index contributed by atoms with van der Waals surface area (Å²) in [6.45, 7) is 3.37. The van der Waals surface area contributed by atoms with Crippen LogP contribution >= 0.6 is 11.3 Å². The third kappa shape index (κ3) is 8.48. The van der Waals surface area contributed by atoms with Gasteiger partial charge in [0.25, 0.3) is 17.9 Å². The van der Waals surface area contributed by atoms with E-state index in [1.165, 1.54) is 19.2 Å². The largest absolute Gasteiger partial charge is 0.489 e. The second-order valence-corrected chi connectivity index (χ2v) is 12.5. The third-order valence-corrected chi connectivity index (χ3v) is 7.82. The van der Waals surface area contributed by atoms with Crippen molar-refractivity contribution >= 4 is 56.1 Å². The number of nitrogen functional groups attached to an aromatic ring is 1. The Hall–Kier alpha value is -4.89. The highest BCUT2D eigenvalue weighted by Gasteiger charge is 2.58. The number of aryl methyl sites for hydroxylation is 1. The van der Waals surface area contributed by atoms with Gasteiger partial charge in [-0.15, -0.1) is 15.6 Å². The maximum atomic E-state index is 13.2. The molecule has 1 aliphatic heterocycles. The molecule has 0 bridgehead atoms. The van der Waals surface area contributed by atoms with E-state index in [0.29, 0.717) is 23.9 Å². The van der Waals surface area contributed by atoms with Gasteiger partial charge in [0.2, 0.25) is 5.69 Å². The number of ether oxygens (including phenoxy) is 1. The SMILES string of the molecule is C[n+]1cc(NCCN)ccc1-c1ccc(OC[C@H](O/N=C(\C(=O)NC2C(=O)N(OS(=O)(=O)O)C2(C)C)c2csc(N)n2)C(=O)O)cc1. The summed E-state index contributed by atoms with van der Waals surface area (Å²) in [5.74, 6) is -3.13. The molecule has 1 aromatic carbocycles. The van der Waals surface area contributed by atoms with Gasteiger partial charge in [0.15, 0.2) is 17.0 Å². The minimum Gasteiger partial charge on any atom is -0.489 e. The normalized spacial score (nSPS) is 16.6. The third-order valence-electron chi connectivity index (χ3n) is 6.81. The van der Waals surface area contributed by atoms with Crippen LogP contribution in [0.3, 0.4) is 0 Å². The highest BCUT2D eigenvalue weighted by atomic mass is 32.3. The summed E-state index contributed by atoms with van der Waals surface area (Å²) in [5.41, 5.74) is 11.9. The smallest absolute Gasteiger partial charge is 0.418 e. The van der Waals surface area contributed by atoms with Crippen molar-refractivity contribution in [1.82, 2.24) is 15.4 Å². The van der Waals surface area contributed by atoms with Gasteiger partial charge in [-0.2, -0.15) is 18.0 Å². The van der Waals surface area contributed by atoms with Crippen molar-refractivity contribution in [3.63, 3.8) is 0 Å². The van der Waals surface area contributed by atoms with Gasteiger partial charge in [0, 0.05) is 30.1 Å². The van der Waals surface area contributed by atoms with Crippen LogP contribution in [0, 0.1) is 0 Å². The van der Waals surface area contributed by atoms with Crippen molar-refractivity contribution in [3.8, 4) is 17.0 Å². The first-order valence-electron chi connectivity index (χ1n) is 13.8. The zero-order chi connectivity index (χ0) is 34.5. The molecule has 0 spiro atoms. The number of benzene rings is 1. The molecular weight excluding hydrogens is 660 g/mol. The topological polar surface area (TPSA) is 262 Å². The molecule has 8 N–H and O–H groups in total. The maximum Gasteiger partial charge on any atom is 0.418 e. The van der Waals surface area contributed by atoms with Crippen LogP contribution in [0.15, 0.2) is 53.1 Å². The number of hydrogen-bond donors (Lipinski definition) is 6. The van der Waals surface area contributed by atoms with Gasteiger partial charge in [-0.1, -0.05) is 5.16 Å². The molecule has 2 atom stereocenters. The number of thiazole rings is 1. The fourth-order valence-corrected chi connectivity index (χ4v) is 5.41. The number of amides is 2. The lowest BCUT2D eigenvalue weighted by atomic mass is 9.84. The quantitative estimate of drug-likeness (QED) is 0.0392. The van der Waals surface area contributed by atoms with E-state index in [0.717, 1.165) is 28.3 Å². The number of hydroxylamine groups is 2. The molecule has 2 amide bonds. The highest BCUT2D eigenvalue weighted by molar-refractivity contribution is 7.80. The Kier molecular flexibility index (Phi) is 10.6. The summed E-state index contributed by atoms with van der Waals surface area (Å²) in [5, 5.41) is 20.8. The fraction of sp³-hybridized carbons (Fsp3) is 0.333. The molecule has 0 radical (unpaired) electrons. The van der Waals surface area contributed by atoms with Gasteiger partial charge in [0.1, 0.15) is 31.1 Å². The van der Waals surface area contributed by atoms with E-state index in [2.05, 4.69) is 25.1 Å². The first-order chi connectivity index (χ1) is 22.1. The minimum atomic E-state index is -5.02. The molecule has 0 saturated carbocycles. The van der Waals surface area contributed by atoms with Crippen LogP contribution < -0.4 is 31.4 Å². The van der Waals surface area contributed by atoms with Gasteiger partial charge < -0.3 is 36.8 Å². The van der Waals surface area contributed by atoms with Crippen molar-refractivity contribution in [2.24, 2.45) is 17.9 Å². The van der Waals surface area contributed by atoms with Gasteiger partial charge in [-0.3, -0.25) is 14.1 Å². The second kappa shape index (κ2) is 14.3. The summed E-state index contributed by atoms with van der Waals surface area (Å²) in [7, 11) is -3.12. The number of nitrogens with two attached hydrogens (primary N) is 2.